The highest BCUT2D eigenvalue weighted by Gasteiger charge is 2.31. The summed E-state index contributed by atoms with van der Waals surface area (Å²) in [6.45, 7) is 3.13. The molecule has 0 fully saturated rings. The predicted molar refractivity (Wildman–Crippen MR) is 121 cm³/mol. The smallest absolute Gasteiger partial charge is 0.293 e. The summed E-state index contributed by atoms with van der Waals surface area (Å²) in [5, 5.41) is 11.0. The summed E-state index contributed by atoms with van der Waals surface area (Å²) in [4.78, 5) is 8.56. The lowest BCUT2D eigenvalue weighted by atomic mass is 10.0. The molecule has 3 aromatic heterocycles. The molecule has 4 aromatic rings. The number of benzene rings is 1. The Labute approximate surface area is 191 Å². The molecule has 32 heavy (non-hydrogen) atoms. The van der Waals surface area contributed by atoms with Gasteiger partial charge < -0.3 is 0 Å². The van der Waals surface area contributed by atoms with Gasteiger partial charge in [-0.2, -0.15) is 13.2 Å². The number of hydrogen-bond donors (Lipinski definition) is 0. The molecule has 0 saturated carbocycles. The predicted octanol–water partition coefficient (Wildman–Crippen LogP) is 6.44. The van der Waals surface area contributed by atoms with E-state index in [1.54, 1.807) is 12.1 Å². The van der Waals surface area contributed by atoms with E-state index in [-0.39, 0.29) is 11.0 Å². The van der Waals surface area contributed by atoms with Crippen molar-refractivity contribution in [2.45, 2.75) is 43.4 Å². The van der Waals surface area contributed by atoms with E-state index in [0.717, 1.165) is 20.8 Å². The molecule has 0 unspecified atom stereocenters. The van der Waals surface area contributed by atoms with Crippen molar-refractivity contribution in [3.05, 3.63) is 65.4 Å². The Bertz CT molecular complexity index is 1170. The van der Waals surface area contributed by atoms with E-state index in [1.165, 1.54) is 41.1 Å². The van der Waals surface area contributed by atoms with Gasteiger partial charge in [0.05, 0.1) is 5.69 Å². The molecule has 0 amide bonds. The van der Waals surface area contributed by atoms with Gasteiger partial charge in [0, 0.05) is 34.7 Å². The first-order chi connectivity index (χ1) is 15.3. The van der Waals surface area contributed by atoms with Crippen LogP contribution in [-0.2, 0) is 12.3 Å². The Morgan fingerprint density at radius 2 is 1.72 bits per heavy atom. The van der Waals surface area contributed by atoms with E-state index < -0.39 is 12.7 Å². The van der Waals surface area contributed by atoms with Gasteiger partial charge >= 0.3 is 6.18 Å². The monoisotopic (exact) mass is 475 g/mol. The van der Waals surface area contributed by atoms with Crippen LogP contribution in [0.5, 0.6) is 0 Å². The maximum atomic E-state index is 13.2. The molecule has 0 spiro atoms. The van der Waals surface area contributed by atoms with E-state index in [1.807, 2.05) is 17.5 Å². The molecular weight excluding hydrogens is 455 g/mol. The standard InChI is InChI=1S/C22H20F3N5S2/c1-14(2)15-3-5-17(6-4-15)20-27-18(11-31-20)12-32-21-29-28-19(16-7-9-26-10-8-16)30(21)13-22(23,24)25/h3-11,14H,12-13H2,1-2H3. The molecule has 4 rings (SSSR count). The fourth-order valence-electron chi connectivity index (χ4n) is 3.09. The van der Waals surface area contributed by atoms with Crippen LogP contribution < -0.4 is 0 Å². The van der Waals surface area contributed by atoms with Crippen LogP contribution in [0.25, 0.3) is 22.0 Å². The van der Waals surface area contributed by atoms with Crippen molar-refractivity contribution in [3.63, 3.8) is 0 Å². The molecule has 0 atom stereocenters. The molecule has 0 N–H and O–H groups in total. The van der Waals surface area contributed by atoms with Crippen LogP contribution in [-0.4, -0.2) is 30.9 Å². The third-order valence-electron chi connectivity index (χ3n) is 4.72. The minimum absolute atomic E-state index is 0.163. The maximum Gasteiger partial charge on any atom is 0.406 e. The van der Waals surface area contributed by atoms with E-state index in [9.17, 15) is 13.2 Å². The van der Waals surface area contributed by atoms with Crippen molar-refractivity contribution in [2.75, 3.05) is 0 Å². The molecule has 10 heteroatoms. The zero-order chi connectivity index (χ0) is 22.7. The van der Waals surface area contributed by atoms with Gasteiger partial charge in [0.1, 0.15) is 11.6 Å². The molecule has 0 aliphatic carbocycles. The van der Waals surface area contributed by atoms with Crippen LogP contribution in [0.2, 0.25) is 0 Å². The lowest BCUT2D eigenvalue weighted by Crippen LogP contribution is -2.19. The second-order valence-electron chi connectivity index (χ2n) is 7.45. The summed E-state index contributed by atoms with van der Waals surface area (Å²) in [6.07, 6.45) is -1.37. The third-order valence-corrected chi connectivity index (χ3v) is 6.66. The number of alkyl halides is 3. The summed E-state index contributed by atoms with van der Waals surface area (Å²) >= 11 is 2.70. The molecule has 0 bridgehead atoms. The van der Waals surface area contributed by atoms with E-state index in [0.29, 0.717) is 17.2 Å². The van der Waals surface area contributed by atoms with Crippen LogP contribution >= 0.6 is 23.1 Å². The summed E-state index contributed by atoms with van der Waals surface area (Å²) in [7, 11) is 0. The van der Waals surface area contributed by atoms with Crippen molar-refractivity contribution < 1.29 is 13.2 Å². The normalized spacial score (nSPS) is 11.9. The quantitative estimate of drug-likeness (QED) is 0.288. The minimum Gasteiger partial charge on any atom is -0.293 e. The van der Waals surface area contributed by atoms with Crippen LogP contribution in [0.3, 0.4) is 0 Å². The highest BCUT2D eigenvalue weighted by atomic mass is 32.2. The molecule has 0 aliphatic rings. The Hall–Kier alpha value is -2.72. The molecule has 0 saturated heterocycles. The van der Waals surface area contributed by atoms with Gasteiger partial charge in [0.15, 0.2) is 11.0 Å². The Kier molecular flexibility index (Phi) is 6.61. The number of pyridine rings is 1. The first kappa shape index (κ1) is 22.5. The van der Waals surface area contributed by atoms with E-state index in [2.05, 4.69) is 46.1 Å². The van der Waals surface area contributed by atoms with Gasteiger partial charge in [-0.3, -0.25) is 9.55 Å². The van der Waals surface area contributed by atoms with E-state index in [4.69, 9.17) is 0 Å². The molecule has 1 aromatic carbocycles. The van der Waals surface area contributed by atoms with Crippen molar-refractivity contribution in [3.8, 4) is 22.0 Å². The summed E-state index contributed by atoms with van der Waals surface area (Å²) in [5.41, 5.74) is 3.60. The van der Waals surface area contributed by atoms with Gasteiger partial charge in [-0.1, -0.05) is 49.9 Å². The topological polar surface area (TPSA) is 56.5 Å². The average molecular weight is 476 g/mol. The number of halogens is 3. The van der Waals surface area contributed by atoms with Crippen molar-refractivity contribution in [1.29, 1.82) is 0 Å². The number of thioether (sulfide) groups is 1. The summed E-state index contributed by atoms with van der Waals surface area (Å²) < 4.78 is 40.8. The van der Waals surface area contributed by atoms with Gasteiger partial charge in [-0.05, 0) is 23.6 Å². The molecular formula is C22H20F3N5S2. The van der Waals surface area contributed by atoms with Gasteiger partial charge in [0.25, 0.3) is 0 Å². The summed E-state index contributed by atoms with van der Waals surface area (Å²) in [6, 6.07) is 11.5. The highest BCUT2D eigenvalue weighted by molar-refractivity contribution is 7.98. The second-order valence-corrected chi connectivity index (χ2v) is 9.25. The second kappa shape index (κ2) is 9.41. The fourth-order valence-corrected chi connectivity index (χ4v) is 4.85. The van der Waals surface area contributed by atoms with Crippen LogP contribution in [0, 0.1) is 0 Å². The first-order valence-electron chi connectivity index (χ1n) is 9.88. The fraction of sp³-hybridized carbons (Fsp3) is 0.273. The zero-order valence-electron chi connectivity index (χ0n) is 17.4. The maximum absolute atomic E-state index is 13.2. The van der Waals surface area contributed by atoms with Gasteiger partial charge in [0.2, 0.25) is 0 Å². The van der Waals surface area contributed by atoms with Crippen LogP contribution in [0.1, 0.15) is 31.0 Å². The minimum atomic E-state index is -4.39. The molecule has 0 radical (unpaired) electrons. The first-order valence-corrected chi connectivity index (χ1v) is 11.7. The van der Waals surface area contributed by atoms with Crippen molar-refractivity contribution >= 4 is 23.1 Å². The molecule has 3 heterocycles. The number of aromatic nitrogens is 5. The van der Waals surface area contributed by atoms with Gasteiger partial charge in [-0.25, -0.2) is 4.98 Å². The van der Waals surface area contributed by atoms with E-state index >= 15 is 0 Å². The largest absolute Gasteiger partial charge is 0.406 e. The average Bonchev–Trinajstić information content (AvgIpc) is 3.39. The SMILES string of the molecule is CC(C)c1ccc(-c2nc(CSc3nnc(-c4ccncc4)n3CC(F)(F)F)cs2)cc1. The Morgan fingerprint density at radius 1 is 1.00 bits per heavy atom. The Morgan fingerprint density at radius 3 is 2.38 bits per heavy atom. The van der Waals surface area contributed by atoms with Gasteiger partial charge in [-0.15, -0.1) is 21.5 Å². The van der Waals surface area contributed by atoms with Crippen LogP contribution in [0.4, 0.5) is 13.2 Å². The molecule has 166 valence electrons. The Balaban J connectivity index is 1.52. The number of nitrogens with zero attached hydrogens (tertiary/aromatic N) is 5. The number of thiazole rings is 1. The zero-order valence-corrected chi connectivity index (χ0v) is 19.0. The van der Waals surface area contributed by atoms with Crippen molar-refractivity contribution in [2.24, 2.45) is 0 Å². The van der Waals surface area contributed by atoms with Crippen LogP contribution in [0.15, 0.2) is 59.3 Å². The van der Waals surface area contributed by atoms with Crippen molar-refractivity contribution in [1.82, 2.24) is 24.7 Å². The molecule has 5 nitrogen and oxygen atoms in total. The highest BCUT2D eigenvalue weighted by Crippen LogP contribution is 2.31. The summed E-state index contributed by atoms with van der Waals surface area (Å²) in [5.74, 6) is 1.02. The number of hydrogen-bond acceptors (Lipinski definition) is 6. The third kappa shape index (κ3) is 5.36. The lowest BCUT2D eigenvalue weighted by molar-refractivity contribution is -0.141. The molecule has 0 aliphatic heterocycles. The lowest BCUT2D eigenvalue weighted by Gasteiger charge is -2.12. The number of rotatable bonds is 7.